The van der Waals surface area contributed by atoms with Crippen LogP contribution in [0.1, 0.15) is 35.6 Å². The summed E-state index contributed by atoms with van der Waals surface area (Å²) in [5.74, 6) is 0. The van der Waals surface area contributed by atoms with Crippen molar-refractivity contribution in [2.45, 2.75) is 38.3 Å². The fourth-order valence-electron chi connectivity index (χ4n) is 4.00. The van der Waals surface area contributed by atoms with Crippen LogP contribution in [-0.2, 0) is 24.9 Å². The molecule has 1 atom stereocenters. The first kappa shape index (κ1) is 17.0. The molecule has 2 N–H and O–H groups in total. The highest BCUT2D eigenvalue weighted by molar-refractivity contribution is 5.80. The molecule has 0 aliphatic heterocycles. The average molecular weight is 349 g/mol. The van der Waals surface area contributed by atoms with Gasteiger partial charge in [0.05, 0.1) is 12.1 Å². The summed E-state index contributed by atoms with van der Waals surface area (Å²) in [7, 11) is 0. The predicted octanol–water partition coefficient (Wildman–Crippen LogP) is 3.28. The second-order valence-corrected chi connectivity index (χ2v) is 7.03. The molecule has 0 saturated carbocycles. The third-order valence-electron chi connectivity index (χ3n) is 5.54. The number of aliphatic hydroxyl groups is 1. The van der Waals surface area contributed by atoms with Gasteiger partial charge in [0.1, 0.15) is 5.58 Å². The number of nitrogens with one attached hydrogen (secondary N) is 1. The van der Waals surface area contributed by atoms with Gasteiger partial charge in [-0.2, -0.15) is 0 Å². The van der Waals surface area contributed by atoms with Gasteiger partial charge in [-0.05, 0) is 47.6 Å². The highest BCUT2D eigenvalue weighted by Crippen LogP contribution is 2.37. The maximum atomic E-state index is 12.0. The third-order valence-corrected chi connectivity index (χ3v) is 5.54. The minimum atomic E-state index is -0.456. The van der Waals surface area contributed by atoms with Crippen LogP contribution in [0.25, 0.3) is 11.0 Å². The number of fused-ring (bicyclic) bond motifs is 2. The molecule has 3 aromatic rings. The van der Waals surface area contributed by atoms with Gasteiger partial charge in [0.15, 0.2) is 0 Å². The van der Waals surface area contributed by atoms with Crippen LogP contribution in [0.4, 0.5) is 0 Å². The summed E-state index contributed by atoms with van der Waals surface area (Å²) < 4.78 is 5.39. The fraction of sp³-hybridized carbons (Fsp3) is 0.318. The number of aliphatic hydroxyl groups excluding tert-OH is 1. The van der Waals surface area contributed by atoms with Crippen LogP contribution in [0.3, 0.4) is 0 Å². The van der Waals surface area contributed by atoms with Crippen molar-refractivity contribution in [3.8, 4) is 0 Å². The Morgan fingerprint density at radius 3 is 2.85 bits per heavy atom. The zero-order valence-electron chi connectivity index (χ0n) is 14.9. The van der Waals surface area contributed by atoms with Crippen LogP contribution in [-0.4, -0.2) is 11.7 Å². The maximum Gasteiger partial charge on any atom is 0.336 e. The van der Waals surface area contributed by atoms with Crippen LogP contribution < -0.4 is 10.9 Å². The lowest BCUT2D eigenvalue weighted by Crippen LogP contribution is -2.43. The van der Waals surface area contributed by atoms with E-state index in [2.05, 4.69) is 30.4 Å². The van der Waals surface area contributed by atoms with Crippen molar-refractivity contribution in [2.75, 3.05) is 6.61 Å². The van der Waals surface area contributed by atoms with Crippen molar-refractivity contribution in [1.29, 1.82) is 0 Å². The molecule has 26 heavy (non-hydrogen) atoms. The summed E-state index contributed by atoms with van der Waals surface area (Å²) in [5.41, 5.74) is 4.30. The molecule has 4 nitrogen and oxygen atoms in total. The first-order valence-electron chi connectivity index (χ1n) is 9.15. The van der Waals surface area contributed by atoms with Gasteiger partial charge in [-0.1, -0.05) is 43.3 Å². The summed E-state index contributed by atoms with van der Waals surface area (Å²) in [6, 6.07) is 15.8. The van der Waals surface area contributed by atoms with E-state index in [1.807, 2.05) is 24.3 Å². The summed E-state index contributed by atoms with van der Waals surface area (Å²) >= 11 is 0. The standard InChI is InChI=1S/C22H23NO3/c1-2-15-7-8-18-17(12-21(25)26-20(18)11-15)13-23-22(14-24)10-9-16-5-3-4-6-19(16)22/h3-8,11-12,23-24H,2,9-10,13-14H2,1H3. The van der Waals surface area contributed by atoms with E-state index in [0.29, 0.717) is 12.1 Å². The predicted molar refractivity (Wildman–Crippen MR) is 102 cm³/mol. The largest absolute Gasteiger partial charge is 0.423 e. The van der Waals surface area contributed by atoms with Gasteiger partial charge in [-0.15, -0.1) is 0 Å². The van der Waals surface area contributed by atoms with Crippen molar-refractivity contribution in [1.82, 2.24) is 5.32 Å². The summed E-state index contributed by atoms with van der Waals surface area (Å²) in [5, 5.41) is 14.6. The minimum Gasteiger partial charge on any atom is -0.423 e. The molecular formula is C22H23NO3. The molecule has 0 fully saturated rings. The Balaban J connectivity index is 1.69. The number of hydrogen-bond donors (Lipinski definition) is 2. The molecule has 1 aliphatic rings. The van der Waals surface area contributed by atoms with Crippen molar-refractivity contribution >= 4 is 11.0 Å². The molecule has 134 valence electrons. The number of aryl methyl sites for hydroxylation is 2. The lowest BCUT2D eigenvalue weighted by molar-refractivity contribution is 0.159. The van der Waals surface area contributed by atoms with E-state index >= 15 is 0 Å². The first-order valence-corrected chi connectivity index (χ1v) is 9.15. The second-order valence-electron chi connectivity index (χ2n) is 7.03. The molecule has 0 radical (unpaired) electrons. The molecule has 1 heterocycles. The van der Waals surface area contributed by atoms with Crippen molar-refractivity contribution in [2.24, 2.45) is 0 Å². The molecular weight excluding hydrogens is 326 g/mol. The van der Waals surface area contributed by atoms with Crippen LogP contribution in [0, 0.1) is 0 Å². The van der Waals surface area contributed by atoms with Crippen LogP contribution in [0.5, 0.6) is 0 Å². The highest BCUT2D eigenvalue weighted by Gasteiger charge is 2.37. The van der Waals surface area contributed by atoms with Crippen LogP contribution in [0.15, 0.2) is 57.7 Å². The molecule has 1 unspecified atom stereocenters. The summed E-state index contributed by atoms with van der Waals surface area (Å²) in [6.45, 7) is 2.61. The lowest BCUT2D eigenvalue weighted by atomic mass is 9.92. The smallest absolute Gasteiger partial charge is 0.336 e. The first-order chi connectivity index (χ1) is 12.6. The fourth-order valence-corrected chi connectivity index (χ4v) is 4.00. The van der Waals surface area contributed by atoms with Crippen molar-refractivity contribution in [3.63, 3.8) is 0 Å². The maximum absolute atomic E-state index is 12.0. The molecule has 0 bridgehead atoms. The van der Waals surface area contributed by atoms with Gasteiger partial charge < -0.3 is 14.8 Å². The van der Waals surface area contributed by atoms with E-state index < -0.39 is 5.54 Å². The average Bonchev–Trinajstić information content (AvgIpc) is 3.05. The van der Waals surface area contributed by atoms with E-state index in [-0.39, 0.29) is 12.2 Å². The second kappa shape index (κ2) is 6.71. The number of rotatable bonds is 5. The molecule has 2 aromatic carbocycles. The monoisotopic (exact) mass is 349 g/mol. The van der Waals surface area contributed by atoms with Gasteiger partial charge in [0.2, 0.25) is 0 Å². The van der Waals surface area contributed by atoms with E-state index in [1.54, 1.807) is 6.07 Å². The SMILES string of the molecule is CCc1ccc2c(CNC3(CO)CCc4ccccc43)cc(=O)oc2c1. The topological polar surface area (TPSA) is 62.5 Å². The lowest BCUT2D eigenvalue weighted by Gasteiger charge is -2.30. The van der Waals surface area contributed by atoms with Crippen molar-refractivity contribution in [3.05, 3.63) is 81.2 Å². The van der Waals surface area contributed by atoms with Gasteiger partial charge >= 0.3 is 5.63 Å². The molecule has 1 aromatic heterocycles. The van der Waals surface area contributed by atoms with Crippen LogP contribution >= 0.6 is 0 Å². The number of hydrogen-bond acceptors (Lipinski definition) is 4. The molecule has 1 aliphatic carbocycles. The van der Waals surface area contributed by atoms with Gasteiger partial charge in [0.25, 0.3) is 0 Å². The molecule has 0 saturated heterocycles. The van der Waals surface area contributed by atoms with Gasteiger partial charge in [-0.3, -0.25) is 0 Å². The normalized spacial score (nSPS) is 19.0. The summed E-state index contributed by atoms with van der Waals surface area (Å²) in [6.07, 6.45) is 2.69. The van der Waals surface area contributed by atoms with E-state index in [9.17, 15) is 9.90 Å². The quantitative estimate of drug-likeness (QED) is 0.694. The Bertz CT molecular complexity index is 1010. The van der Waals surface area contributed by atoms with Crippen LogP contribution in [0.2, 0.25) is 0 Å². The van der Waals surface area contributed by atoms with E-state index in [1.165, 1.54) is 5.56 Å². The Morgan fingerprint density at radius 1 is 1.19 bits per heavy atom. The Kier molecular flexibility index (Phi) is 4.39. The molecule has 0 spiro atoms. The highest BCUT2D eigenvalue weighted by atomic mass is 16.4. The molecule has 4 heteroatoms. The third kappa shape index (κ3) is 2.85. The molecule has 0 amide bonds. The minimum absolute atomic E-state index is 0.0311. The zero-order valence-corrected chi connectivity index (χ0v) is 14.9. The number of benzene rings is 2. The zero-order chi connectivity index (χ0) is 18.1. The Labute approximate surface area is 152 Å². The van der Waals surface area contributed by atoms with Gasteiger partial charge in [0, 0.05) is 18.0 Å². The Hall–Kier alpha value is -2.43. The van der Waals surface area contributed by atoms with E-state index in [0.717, 1.165) is 41.3 Å². The summed E-state index contributed by atoms with van der Waals surface area (Å²) in [4.78, 5) is 12.0. The van der Waals surface area contributed by atoms with Crippen molar-refractivity contribution < 1.29 is 9.52 Å². The van der Waals surface area contributed by atoms with Gasteiger partial charge in [-0.25, -0.2) is 4.79 Å². The molecule has 4 rings (SSSR count). The van der Waals surface area contributed by atoms with E-state index in [4.69, 9.17) is 4.42 Å². The Morgan fingerprint density at radius 2 is 2.04 bits per heavy atom.